The number of nitrogens with two attached hydrogens (primary N) is 1. The lowest BCUT2D eigenvalue weighted by Gasteiger charge is -2.23. The molecule has 144 valence electrons. The third kappa shape index (κ3) is 8.18. The number of carbonyl (C=O) groups is 4. The molecule has 0 aliphatic carbocycles. The summed E-state index contributed by atoms with van der Waals surface area (Å²) in [6.07, 6.45) is 0.519. The summed E-state index contributed by atoms with van der Waals surface area (Å²) < 4.78 is 0. The van der Waals surface area contributed by atoms with Gasteiger partial charge in [0.2, 0.25) is 17.7 Å². The third-order valence-electron chi connectivity index (χ3n) is 3.57. The average Bonchev–Trinajstić information content (AvgIpc) is 2.59. The van der Waals surface area contributed by atoms with Gasteiger partial charge in [-0.05, 0) is 5.92 Å². The van der Waals surface area contributed by atoms with Crippen molar-refractivity contribution in [2.45, 2.75) is 38.4 Å². The maximum atomic E-state index is 12.1. The summed E-state index contributed by atoms with van der Waals surface area (Å²) in [5, 5.41) is 25.2. The highest BCUT2D eigenvalue weighted by molar-refractivity contribution is 7.80. The summed E-state index contributed by atoms with van der Waals surface area (Å²) in [4.78, 5) is 46.5. The number of nitrogens with one attached hydrogen (secondary N) is 3. The van der Waals surface area contributed by atoms with E-state index in [-0.39, 0.29) is 11.7 Å². The molecule has 0 saturated carbocycles. The molecule has 0 bridgehead atoms. The number of hydrogen-bond acceptors (Lipinski definition) is 7. The molecule has 11 heteroatoms. The molecule has 3 amide bonds. The highest BCUT2D eigenvalue weighted by Gasteiger charge is 2.29. The number of carboxylic acid groups (broad SMARTS) is 1. The average molecular weight is 378 g/mol. The molecule has 4 unspecified atom stereocenters. The van der Waals surface area contributed by atoms with E-state index in [1.165, 1.54) is 0 Å². The predicted octanol–water partition coefficient (Wildman–Crippen LogP) is -2.55. The van der Waals surface area contributed by atoms with Gasteiger partial charge >= 0.3 is 5.97 Å². The lowest BCUT2D eigenvalue weighted by molar-refractivity contribution is -0.144. The Morgan fingerprint density at radius 3 is 2.20 bits per heavy atom. The first-order valence-corrected chi connectivity index (χ1v) is 8.38. The molecule has 7 N–H and O–H groups in total. The molecule has 0 aliphatic heterocycles. The van der Waals surface area contributed by atoms with Gasteiger partial charge in [0.1, 0.15) is 12.1 Å². The molecule has 0 fully saturated rings. The summed E-state index contributed by atoms with van der Waals surface area (Å²) in [6.45, 7) is 2.26. The molecular formula is C14H26N4O6S. The summed E-state index contributed by atoms with van der Waals surface area (Å²) in [5.74, 6) is -3.59. The largest absolute Gasteiger partial charge is 0.480 e. The second-order valence-electron chi connectivity index (χ2n) is 5.52. The fourth-order valence-electron chi connectivity index (χ4n) is 1.76. The van der Waals surface area contributed by atoms with E-state index < -0.39 is 55.0 Å². The van der Waals surface area contributed by atoms with Gasteiger partial charge in [-0.25, -0.2) is 4.79 Å². The summed E-state index contributed by atoms with van der Waals surface area (Å²) in [6, 6.07) is -3.36. The summed E-state index contributed by atoms with van der Waals surface area (Å²) in [5.41, 5.74) is 5.42. The lowest BCUT2D eigenvalue weighted by Crippen LogP contribution is -2.56. The highest BCUT2D eigenvalue weighted by atomic mass is 32.1. The second-order valence-corrected chi connectivity index (χ2v) is 5.88. The quantitative estimate of drug-likeness (QED) is 0.194. The van der Waals surface area contributed by atoms with Gasteiger partial charge in [-0.2, -0.15) is 12.6 Å². The van der Waals surface area contributed by atoms with E-state index in [0.29, 0.717) is 6.42 Å². The van der Waals surface area contributed by atoms with Gasteiger partial charge in [-0.3, -0.25) is 14.4 Å². The van der Waals surface area contributed by atoms with Crippen molar-refractivity contribution in [1.82, 2.24) is 16.0 Å². The summed E-state index contributed by atoms with van der Waals surface area (Å²) in [7, 11) is 0. The highest BCUT2D eigenvalue weighted by Crippen LogP contribution is 2.08. The Morgan fingerprint density at radius 2 is 1.76 bits per heavy atom. The fraction of sp³-hybridized carbons (Fsp3) is 0.714. The topological polar surface area (TPSA) is 171 Å². The number of rotatable bonds is 11. The molecule has 0 rings (SSSR count). The van der Waals surface area contributed by atoms with Gasteiger partial charge in [0, 0.05) is 5.75 Å². The number of hydrogen-bond donors (Lipinski definition) is 7. The Balaban J connectivity index is 4.65. The number of carboxylic acids is 1. The molecule has 0 saturated heterocycles. The van der Waals surface area contributed by atoms with Crippen LogP contribution in [0.15, 0.2) is 0 Å². The first kappa shape index (κ1) is 23.1. The lowest BCUT2D eigenvalue weighted by atomic mass is 9.99. The van der Waals surface area contributed by atoms with Crippen LogP contribution >= 0.6 is 12.6 Å². The normalized spacial score (nSPS) is 15.4. The van der Waals surface area contributed by atoms with Crippen LogP contribution in [0.5, 0.6) is 0 Å². The van der Waals surface area contributed by atoms with Gasteiger partial charge in [-0.1, -0.05) is 20.3 Å². The molecule has 0 radical (unpaired) electrons. The minimum Gasteiger partial charge on any atom is -0.480 e. The molecule has 0 aromatic rings. The van der Waals surface area contributed by atoms with E-state index in [2.05, 4.69) is 28.6 Å². The van der Waals surface area contributed by atoms with Gasteiger partial charge in [0.15, 0.2) is 0 Å². The minimum atomic E-state index is -1.34. The third-order valence-corrected chi connectivity index (χ3v) is 3.96. The number of aliphatic hydroxyl groups excluding tert-OH is 1. The second kappa shape index (κ2) is 11.7. The molecule has 0 aromatic carbocycles. The fourth-order valence-corrected chi connectivity index (χ4v) is 1.92. The van der Waals surface area contributed by atoms with Crippen molar-refractivity contribution >= 4 is 36.3 Å². The number of aliphatic hydroxyl groups is 1. The molecule has 0 aromatic heterocycles. The van der Waals surface area contributed by atoms with Crippen LogP contribution in [-0.4, -0.2) is 70.9 Å². The van der Waals surface area contributed by atoms with E-state index in [4.69, 9.17) is 10.8 Å². The van der Waals surface area contributed by atoms with Gasteiger partial charge < -0.3 is 31.9 Å². The van der Waals surface area contributed by atoms with Gasteiger partial charge in [0.05, 0.1) is 19.2 Å². The Labute approximate surface area is 151 Å². The van der Waals surface area contributed by atoms with Crippen molar-refractivity contribution in [3.8, 4) is 0 Å². The Morgan fingerprint density at radius 1 is 1.16 bits per heavy atom. The Bertz CT molecular complexity index is 490. The zero-order valence-electron chi connectivity index (χ0n) is 14.2. The monoisotopic (exact) mass is 378 g/mol. The molecule has 25 heavy (non-hydrogen) atoms. The Hall–Kier alpha value is -1.85. The maximum Gasteiger partial charge on any atom is 0.326 e. The number of amides is 3. The van der Waals surface area contributed by atoms with E-state index in [1.807, 2.05) is 0 Å². The molecule has 0 heterocycles. The maximum absolute atomic E-state index is 12.1. The van der Waals surface area contributed by atoms with E-state index >= 15 is 0 Å². The van der Waals surface area contributed by atoms with Crippen LogP contribution in [0.3, 0.4) is 0 Å². The van der Waals surface area contributed by atoms with Crippen LogP contribution in [-0.2, 0) is 19.2 Å². The zero-order valence-corrected chi connectivity index (χ0v) is 15.1. The first-order valence-electron chi connectivity index (χ1n) is 7.75. The number of aliphatic carboxylic acids is 1. The number of carbonyl (C=O) groups excluding carboxylic acids is 3. The minimum absolute atomic E-state index is 0.0985. The zero-order chi connectivity index (χ0) is 19.6. The van der Waals surface area contributed by atoms with Crippen molar-refractivity contribution in [2.24, 2.45) is 11.7 Å². The molecule has 0 aliphatic rings. The van der Waals surface area contributed by atoms with Crippen molar-refractivity contribution < 1.29 is 29.4 Å². The van der Waals surface area contributed by atoms with Crippen LogP contribution in [0.4, 0.5) is 0 Å². The van der Waals surface area contributed by atoms with Gasteiger partial charge in [-0.15, -0.1) is 0 Å². The first-order chi connectivity index (χ1) is 11.7. The Kier molecular flexibility index (Phi) is 10.8. The number of thiol groups is 1. The summed E-state index contributed by atoms with van der Waals surface area (Å²) >= 11 is 3.85. The molecule has 0 spiro atoms. The van der Waals surface area contributed by atoms with Crippen molar-refractivity contribution in [3.63, 3.8) is 0 Å². The standard InChI is InChI=1S/C14H26N4O6S/c1-3-7(2)11(14(23)24)18-13(22)9(5-19)17-10(20)4-16-12(21)8(15)6-25/h7-9,11,19,25H,3-6,15H2,1-2H3,(H,16,21)(H,17,20)(H,18,22)(H,23,24). The van der Waals surface area contributed by atoms with Crippen molar-refractivity contribution in [2.75, 3.05) is 18.9 Å². The molecule has 10 nitrogen and oxygen atoms in total. The smallest absolute Gasteiger partial charge is 0.326 e. The SMILES string of the molecule is CCC(C)C(NC(=O)C(CO)NC(=O)CNC(=O)C(N)CS)C(=O)O. The van der Waals surface area contributed by atoms with Crippen LogP contribution in [0.25, 0.3) is 0 Å². The van der Waals surface area contributed by atoms with Crippen molar-refractivity contribution in [1.29, 1.82) is 0 Å². The van der Waals surface area contributed by atoms with E-state index in [1.54, 1.807) is 13.8 Å². The van der Waals surface area contributed by atoms with Gasteiger partial charge in [0.25, 0.3) is 0 Å². The van der Waals surface area contributed by atoms with Crippen molar-refractivity contribution in [3.05, 3.63) is 0 Å². The van der Waals surface area contributed by atoms with E-state index in [9.17, 15) is 24.3 Å². The van der Waals surface area contributed by atoms with Crippen LogP contribution in [0.1, 0.15) is 20.3 Å². The van der Waals surface area contributed by atoms with Crippen LogP contribution in [0, 0.1) is 5.92 Å². The molecule has 4 atom stereocenters. The van der Waals surface area contributed by atoms with E-state index in [0.717, 1.165) is 0 Å². The predicted molar refractivity (Wildman–Crippen MR) is 92.9 cm³/mol. The van der Waals surface area contributed by atoms with Crippen LogP contribution in [0.2, 0.25) is 0 Å². The van der Waals surface area contributed by atoms with Crippen LogP contribution < -0.4 is 21.7 Å². The molecular weight excluding hydrogens is 352 g/mol.